The first-order chi connectivity index (χ1) is 10.9. The van der Waals surface area contributed by atoms with Crippen molar-refractivity contribution in [1.82, 2.24) is 4.98 Å². The van der Waals surface area contributed by atoms with Crippen molar-refractivity contribution in [3.63, 3.8) is 0 Å². The SMILES string of the molecule is CC(C)Nc1cc(Nc2ccc(C#N)cc2Cl)ncc1C(=O)O. The molecule has 0 fully saturated rings. The molecule has 0 aliphatic rings. The van der Waals surface area contributed by atoms with E-state index in [1.165, 1.54) is 6.20 Å². The van der Waals surface area contributed by atoms with Gasteiger partial charge in [0, 0.05) is 18.3 Å². The van der Waals surface area contributed by atoms with Gasteiger partial charge in [-0.3, -0.25) is 0 Å². The first-order valence-corrected chi connectivity index (χ1v) is 7.25. The van der Waals surface area contributed by atoms with E-state index in [4.69, 9.17) is 16.9 Å². The van der Waals surface area contributed by atoms with Crippen LogP contribution in [0.25, 0.3) is 0 Å². The van der Waals surface area contributed by atoms with Crippen LogP contribution >= 0.6 is 11.6 Å². The summed E-state index contributed by atoms with van der Waals surface area (Å²) in [6.07, 6.45) is 1.28. The predicted molar refractivity (Wildman–Crippen MR) is 89.4 cm³/mol. The van der Waals surface area contributed by atoms with E-state index in [0.717, 1.165) is 0 Å². The minimum absolute atomic E-state index is 0.0712. The Balaban J connectivity index is 2.34. The molecule has 0 amide bonds. The van der Waals surface area contributed by atoms with E-state index < -0.39 is 5.97 Å². The van der Waals surface area contributed by atoms with E-state index in [0.29, 0.717) is 27.8 Å². The zero-order valence-corrected chi connectivity index (χ0v) is 13.3. The van der Waals surface area contributed by atoms with Crippen molar-refractivity contribution in [2.75, 3.05) is 10.6 Å². The van der Waals surface area contributed by atoms with Gasteiger partial charge in [0.25, 0.3) is 0 Å². The number of aromatic nitrogens is 1. The number of hydrogen-bond donors (Lipinski definition) is 3. The highest BCUT2D eigenvalue weighted by atomic mass is 35.5. The van der Waals surface area contributed by atoms with Crippen LogP contribution in [0.15, 0.2) is 30.5 Å². The van der Waals surface area contributed by atoms with Crippen molar-refractivity contribution in [2.24, 2.45) is 0 Å². The molecule has 2 rings (SSSR count). The number of hydrogen-bond acceptors (Lipinski definition) is 5. The van der Waals surface area contributed by atoms with Gasteiger partial charge in [0.15, 0.2) is 0 Å². The molecule has 0 bridgehead atoms. The fraction of sp³-hybridized carbons (Fsp3) is 0.188. The fourth-order valence-electron chi connectivity index (χ4n) is 1.95. The highest BCUT2D eigenvalue weighted by Gasteiger charge is 2.13. The summed E-state index contributed by atoms with van der Waals surface area (Å²) in [4.78, 5) is 15.3. The minimum Gasteiger partial charge on any atom is -0.478 e. The molecule has 1 heterocycles. The van der Waals surface area contributed by atoms with Crippen LogP contribution < -0.4 is 10.6 Å². The average Bonchev–Trinajstić information content (AvgIpc) is 2.48. The number of nitriles is 1. The molecule has 0 saturated heterocycles. The Morgan fingerprint density at radius 3 is 2.65 bits per heavy atom. The maximum absolute atomic E-state index is 11.2. The van der Waals surface area contributed by atoms with Crippen molar-refractivity contribution in [3.8, 4) is 6.07 Å². The number of carbonyl (C=O) groups is 1. The maximum Gasteiger partial charge on any atom is 0.339 e. The summed E-state index contributed by atoms with van der Waals surface area (Å²) in [6, 6.07) is 8.53. The van der Waals surface area contributed by atoms with Crippen molar-refractivity contribution < 1.29 is 9.90 Å². The Hall–Kier alpha value is -2.78. The first-order valence-electron chi connectivity index (χ1n) is 6.87. The quantitative estimate of drug-likeness (QED) is 0.769. The lowest BCUT2D eigenvalue weighted by atomic mass is 10.2. The lowest BCUT2D eigenvalue weighted by Crippen LogP contribution is -2.14. The van der Waals surface area contributed by atoms with Gasteiger partial charge < -0.3 is 15.7 Å². The van der Waals surface area contributed by atoms with Crippen molar-refractivity contribution in [2.45, 2.75) is 19.9 Å². The number of benzene rings is 1. The minimum atomic E-state index is -1.05. The molecule has 0 unspecified atom stereocenters. The zero-order valence-electron chi connectivity index (χ0n) is 12.6. The van der Waals surface area contributed by atoms with Gasteiger partial charge in [0.2, 0.25) is 0 Å². The Kier molecular flexibility index (Phi) is 5.04. The van der Waals surface area contributed by atoms with Gasteiger partial charge in [0.05, 0.1) is 28.0 Å². The molecule has 7 heteroatoms. The van der Waals surface area contributed by atoms with Crippen LogP contribution in [-0.4, -0.2) is 22.1 Å². The van der Waals surface area contributed by atoms with Gasteiger partial charge in [-0.2, -0.15) is 5.26 Å². The predicted octanol–water partition coefficient (Wildman–Crippen LogP) is 3.87. The second kappa shape index (κ2) is 6.99. The summed E-state index contributed by atoms with van der Waals surface area (Å²) < 4.78 is 0. The Morgan fingerprint density at radius 2 is 2.09 bits per heavy atom. The van der Waals surface area contributed by atoms with E-state index in [1.807, 2.05) is 19.9 Å². The summed E-state index contributed by atoms with van der Waals surface area (Å²) in [5.41, 5.74) is 1.60. The number of nitrogens with zero attached hydrogens (tertiary/aromatic N) is 2. The molecule has 1 aromatic carbocycles. The Labute approximate surface area is 138 Å². The summed E-state index contributed by atoms with van der Waals surface area (Å²) in [5, 5.41) is 24.5. The number of pyridine rings is 1. The third-order valence-electron chi connectivity index (χ3n) is 2.94. The number of aromatic carboxylic acids is 1. The second-order valence-corrected chi connectivity index (χ2v) is 5.56. The van der Waals surface area contributed by atoms with Crippen LogP contribution in [0.5, 0.6) is 0 Å². The van der Waals surface area contributed by atoms with Crippen LogP contribution in [0.4, 0.5) is 17.2 Å². The van der Waals surface area contributed by atoms with Gasteiger partial charge in [0.1, 0.15) is 11.4 Å². The zero-order chi connectivity index (χ0) is 17.0. The van der Waals surface area contributed by atoms with Crippen LogP contribution in [0, 0.1) is 11.3 Å². The summed E-state index contributed by atoms with van der Waals surface area (Å²) in [7, 11) is 0. The molecule has 118 valence electrons. The lowest BCUT2D eigenvalue weighted by molar-refractivity contribution is 0.0697. The number of carboxylic acids is 1. The van der Waals surface area contributed by atoms with Crippen LogP contribution in [0.1, 0.15) is 29.8 Å². The monoisotopic (exact) mass is 330 g/mol. The first kappa shape index (κ1) is 16.6. The molecular formula is C16H15ClN4O2. The van der Waals surface area contributed by atoms with Crippen molar-refractivity contribution in [3.05, 3.63) is 46.6 Å². The second-order valence-electron chi connectivity index (χ2n) is 5.15. The molecule has 1 aromatic heterocycles. The molecule has 6 nitrogen and oxygen atoms in total. The normalized spacial score (nSPS) is 10.2. The van der Waals surface area contributed by atoms with Crippen LogP contribution in [0.3, 0.4) is 0 Å². The average molecular weight is 331 g/mol. The van der Waals surface area contributed by atoms with E-state index in [-0.39, 0.29) is 11.6 Å². The largest absolute Gasteiger partial charge is 0.478 e. The standard InChI is InChI=1S/C16H15ClN4O2/c1-9(2)20-14-6-15(19-8-11(14)16(22)23)21-13-4-3-10(7-18)5-12(13)17/h3-6,8-9H,1-2H3,(H,22,23)(H2,19,20,21). The van der Waals surface area contributed by atoms with Gasteiger partial charge >= 0.3 is 5.97 Å². The van der Waals surface area contributed by atoms with Crippen molar-refractivity contribution in [1.29, 1.82) is 5.26 Å². The number of anilines is 3. The van der Waals surface area contributed by atoms with E-state index in [1.54, 1.807) is 24.3 Å². The Bertz CT molecular complexity index is 784. The molecule has 0 radical (unpaired) electrons. The third kappa shape index (κ3) is 4.11. The summed E-state index contributed by atoms with van der Waals surface area (Å²) in [6.45, 7) is 3.83. The highest BCUT2D eigenvalue weighted by molar-refractivity contribution is 6.33. The number of nitrogens with one attached hydrogen (secondary N) is 2. The smallest absolute Gasteiger partial charge is 0.339 e. The van der Waals surface area contributed by atoms with Crippen molar-refractivity contribution >= 4 is 34.8 Å². The third-order valence-corrected chi connectivity index (χ3v) is 3.25. The fourth-order valence-corrected chi connectivity index (χ4v) is 2.18. The maximum atomic E-state index is 11.2. The summed E-state index contributed by atoms with van der Waals surface area (Å²) >= 11 is 6.11. The molecule has 0 aliphatic carbocycles. The molecule has 0 saturated carbocycles. The van der Waals surface area contributed by atoms with Gasteiger partial charge in [-0.05, 0) is 32.0 Å². The van der Waals surface area contributed by atoms with Gasteiger partial charge in [-0.25, -0.2) is 9.78 Å². The van der Waals surface area contributed by atoms with E-state index in [9.17, 15) is 9.90 Å². The molecule has 23 heavy (non-hydrogen) atoms. The lowest BCUT2D eigenvalue weighted by Gasteiger charge is -2.15. The Morgan fingerprint density at radius 1 is 1.35 bits per heavy atom. The summed E-state index contributed by atoms with van der Waals surface area (Å²) in [5.74, 6) is -0.603. The van der Waals surface area contributed by atoms with Crippen LogP contribution in [-0.2, 0) is 0 Å². The van der Waals surface area contributed by atoms with Gasteiger partial charge in [-0.1, -0.05) is 11.6 Å². The highest BCUT2D eigenvalue weighted by Crippen LogP contribution is 2.27. The van der Waals surface area contributed by atoms with Crippen LogP contribution in [0.2, 0.25) is 5.02 Å². The molecule has 0 spiro atoms. The molecule has 0 aliphatic heterocycles. The molecule has 3 N–H and O–H groups in total. The van der Waals surface area contributed by atoms with E-state index in [2.05, 4.69) is 15.6 Å². The molecule has 2 aromatic rings. The molecule has 0 atom stereocenters. The van der Waals surface area contributed by atoms with Gasteiger partial charge in [-0.15, -0.1) is 0 Å². The van der Waals surface area contributed by atoms with E-state index >= 15 is 0 Å². The number of carboxylic acid groups (broad SMARTS) is 1. The molecular weight excluding hydrogens is 316 g/mol. The number of rotatable bonds is 5. The number of halogens is 1. The topological polar surface area (TPSA) is 98.0 Å².